The highest BCUT2D eigenvalue weighted by molar-refractivity contribution is 6.23. The summed E-state index contributed by atoms with van der Waals surface area (Å²) in [5.41, 5.74) is 7.50. The van der Waals surface area contributed by atoms with Crippen LogP contribution in [0.5, 0.6) is 11.5 Å². The average Bonchev–Trinajstić information content (AvgIpc) is 3.07. The Balaban J connectivity index is 0.00000138. The molecule has 0 saturated heterocycles. The van der Waals surface area contributed by atoms with Crippen molar-refractivity contribution in [2.24, 2.45) is 0 Å². The van der Waals surface area contributed by atoms with Gasteiger partial charge in [-0.05, 0) is 43.2 Å². The zero-order valence-corrected chi connectivity index (χ0v) is 18.4. The maximum absolute atomic E-state index is 12.8. The van der Waals surface area contributed by atoms with Crippen LogP contribution in [0.25, 0.3) is 0 Å². The van der Waals surface area contributed by atoms with E-state index in [1.807, 2.05) is 41.3 Å². The lowest BCUT2D eigenvalue weighted by Gasteiger charge is -2.26. The van der Waals surface area contributed by atoms with E-state index in [1.54, 1.807) is 30.3 Å². The number of carbonyl (C=O) groups is 4. The molecule has 0 bridgehead atoms. The first-order chi connectivity index (χ1) is 15.0. The normalized spacial score (nSPS) is 12.2. The number of phenolic OH excluding ortho intramolecular Hbond substituents is 1. The molecule has 168 valence electrons. The Bertz CT molecular complexity index is 882. The molecule has 3 N–H and O–H groups in total. The molecule has 2 amide bonds. The predicted octanol–water partition coefficient (Wildman–Crippen LogP) is 3.78. The van der Waals surface area contributed by atoms with Crippen molar-refractivity contribution in [1.29, 1.82) is 0 Å². The molecule has 3 rings (SSSR count). The fourth-order valence-corrected chi connectivity index (χ4v) is 3.19. The van der Waals surface area contributed by atoms with Crippen LogP contribution in [0.4, 0.5) is 5.69 Å². The summed E-state index contributed by atoms with van der Waals surface area (Å²) >= 11 is 0. The third kappa shape index (κ3) is 5.69. The van der Waals surface area contributed by atoms with Crippen LogP contribution in [0.1, 0.15) is 66.4 Å². The number of benzene rings is 2. The molecule has 1 heterocycles. The number of nitrogens with two attached hydrogens (primary N) is 1. The Morgan fingerprint density at radius 3 is 2.16 bits per heavy atom. The summed E-state index contributed by atoms with van der Waals surface area (Å²) in [5, 5.41) is 9.88. The molecule has 1 atom stereocenters. The standard InChI is InChI=1S/C19H20N2O4.C2H6.2CH2O/c1-3-14(11-8-9-15(22)16(10-11)25-4-2)21-18(23)12-6-5-7-13(20)17(12)19(21)24;3*1-2/h5-10,14,22H,3-4,20H2,1-2H3;1-2H3;2*1H2. The van der Waals surface area contributed by atoms with Gasteiger partial charge in [-0.25, -0.2) is 0 Å². The molecule has 2 aromatic rings. The lowest BCUT2D eigenvalue weighted by atomic mass is 10.0. The topological polar surface area (TPSA) is 127 Å². The zero-order chi connectivity index (χ0) is 24.1. The van der Waals surface area contributed by atoms with Crippen LogP contribution in [0.2, 0.25) is 0 Å². The molecule has 1 aliphatic rings. The minimum Gasteiger partial charge on any atom is -0.504 e. The van der Waals surface area contributed by atoms with Crippen LogP contribution in [0.15, 0.2) is 36.4 Å². The van der Waals surface area contributed by atoms with E-state index in [4.69, 9.17) is 20.1 Å². The number of phenols is 1. The minimum atomic E-state index is -0.466. The van der Waals surface area contributed by atoms with Gasteiger partial charge in [0, 0.05) is 5.69 Å². The SMILES string of the molecule is C=O.C=O.CC.CCOc1cc(C(CC)N2C(=O)c3cccc(N)c3C2=O)ccc1O. The van der Waals surface area contributed by atoms with Crippen LogP contribution >= 0.6 is 0 Å². The minimum absolute atomic E-state index is 0.0204. The monoisotopic (exact) mass is 430 g/mol. The number of hydrogen-bond acceptors (Lipinski definition) is 7. The molecular weight excluding hydrogens is 400 g/mol. The summed E-state index contributed by atoms with van der Waals surface area (Å²) in [6.45, 7) is 12.1. The van der Waals surface area contributed by atoms with Gasteiger partial charge < -0.3 is 25.2 Å². The first-order valence-corrected chi connectivity index (χ1v) is 9.79. The molecule has 0 saturated carbocycles. The van der Waals surface area contributed by atoms with E-state index in [0.29, 0.717) is 30.0 Å². The fourth-order valence-electron chi connectivity index (χ4n) is 3.19. The number of nitrogen functional groups attached to an aromatic ring is 1. The first-order valence-electron chi connectivity index (χ1n) is 9.79. The van der Waals surface area contributed by atoms with Gasteiger partial charge in [0.1, 0.15) is 13.6 Å². The zero-order valence-electron chi connectivity index (χ0n) is 18.4. The molecule has 2 aromatic carbocycles. The van der Waals surface area contributed by atoms with Gasteiger partial charge in [-0.1, -0.05) is 32.9 Å². The summed E-state index contributed by atoms with van der Waals surface area (Å²) in [5.74, 6) is -0.400. The van der Waals surface area contributed by atoms with Crippen molar-refractivity contribution in [3.8, 4) is 11.5 Å². The van der Waals surface area contributed by atoms with Crippen molar-refractivity contribution >= 4 is 31.1 Å². The van der Waals surface area contributed by atoms with Crippen molar-refractivity contribution in [1.82, 2.24) is 4.90 Å². The van der Waals surface area contributed by atoms with E-state index >= 15 is 0 Å². The molecule has 0 fully saturated rings. The van der Waals surface area contributed by atoms with Crippen LogP contribution < -0.4 is 10.5 Å². The van der Waals surface area contributed by atoms with Gasteiger partial charge in [-0.15, -0.1) is 0 Å². The number of fused-ring (bicyclic) bond motifs is 1. The molecule has 8 nitrogen and oxygen atoms in total. The number of anilines is 1. The number of imide groups is 1. The Kier molecular flexibility index (Phi) is 11.9. The summed E-state index contributed by atoms with van der Waals surface area (Å²) in [6, 6.07) is 9.29. The molecule has 1 unspecified atom stereocenters. The van der Waals surface area contributed by atoms with Crippen LogP contribution in [0.3, 0.4) is 0 Å². The molecule has 0 radical (unpaired) electrons. The summed E-state index contributed by atoms with van der Waals surface area (Å²) in [4.78, 5) is 42.8. The number of aromatic hydroxyl groups is 1. The largest absolute Gasteiger partial charge is 0.504 e. The van der Waals surface area contributed by atoms with Crippen molar-refractivity contribution in [2.75, 3.05) is 12.3 Å². The molecule has 0 aliphatic carbocycles. The molecule has 0 spiro atoms. The van der Waals surface area contributed by atoms with E-state index in [0.717, 1.165) is 5.56 Å². The van der Waals surface area contributed by atoms with E-state index in [-0.39, 0.29) is 17.2 Å². The summed E-state index contributed by atoms with van der Waals surface area (Å²) in [7, 11) is 0. The second-order valence-corrected chi connectivity index (χ2v) is 5.83. The van der Waals surface area contributed by atoms with E-state index in [2.05, 4.69) is 0 Å². The van der Waals surface area contributed by atoms with E-state index < -0.39 is 11.9 Å². The average molecular weight is 431 g/mol. The Morgan fingerprint density at radius 1 is 1.03 bits per heavy atom. The van der Waals surface area contributed by atoms with Gasteiger partial charge in [-0.3, -0.25) is 14.5 Å². The molecule has 0 aromatic heterocycles. The van der Waals surface area contributed by atoms with Crippen molar-refractivity contribution < 1.29 is 29.0 Å². The molecule has 31 heavy (non-hydrogen) atoms. The molecular formula is C23H30N2O6. The van der Waals surface area contributed by atoms with Gasteiger partial charge in [0.05, 0.1) is 23.8 Å². The maximum Gasteiger partial charge on any atom is 0.264 e. The summed E-state index contributed by atoms with van der Waals surface area (Å²) < 4.78 is 5.41. The second-order valence-electron chi connectivity index (χ2n) is 5.83. The Morgan fingerprint density at radius 2 is 1.65 bits per heavy atom. The third-order valence-corrected chi connectivity index (χ3v) is 4.35. The maximum atomic E-state index is 12.8. The van der Waals surface area contributed by atoms with Gasteiger partial charge in [0.15, 0.2) is 11.5 Å². The number of carbonyl (C=O) groups excluding carboxylic acids is 4. The molecule has 8 heteroatoms. The van der Waals surface area contributed by atoms with Crippen molar-refractivity contribution in [3.63, 3.8) is 0 Å². The van der Waals surface area contributed by atoms with Gasteiger partial charge >= 0.3 is 0 Å². The highest BCUT2D eigenvalue weighted by atomic mass is 16.5. The smallest absolute Gasteiger partial charge is 0.264 e. The second kappa shape index (κ2) is 13.5. The van der Waals surface area contributed by atoms with Crippen molar-refractivity contribution in [2.45, 2.75) is 40.2 Å². The predicted molar refractivity (Wildman–Crippen MR) is 119 cm³/mol. The van der Waals surface area contributed by atoms with Gasteiger partial charge in [-0.2, -0.15) is 0 Å². The number of rotatable bonds is 5. The fraction of sp³-hybridized carbons (Fsp3) is 0.304. The van der Waals surface area contributed by atoms with Crippen molar-refractivity contribution in [3.05, 3.63) is 53.1 Å². The van der Waals surface area contributed by atoms with Crippen LogP contribution in [-0.2, 0) is 9.59 Å². The lowest BCUT2D eigenvalue weighted by molar-refractivity contribution is -0.0987. The quantitative estimate of drug-likeness (QED) is 0.546. The highest BCUT2D eigenvalue weighted by Crippen LogP contribution is 2.38. The Labute approximate surface area is 182 Å². The van der Waals surface area contributed by atoms with E-state index in [9.17, 15) is 14.7 Å². The third-order valence-electron chi connectivity index (χ3n) is 4.35. The van der Waals surface area contributed by atoms with Gasteiger partial charge in [0.25, 0.3) is 11.8 Å². The van der Waals surface area contributed by atoms with Crippen LogP contribution in [0, 0.1) is 0 Å². The van der Waals surface area contributed by atoms with Gasteiger partial charge in [0.2, 0.25) is 0 Å². The first kappa shape index (κ1) is 27.3. The van der Waals surface area contributed by atoms with E-state index in [1.165, 1.54) is 11.0 Å². The number of ether oxygens (including phenoxy) is 1. The molecule has 1 aliphatic heterocycles. The number of amides is 2. The number of hydrogen-bond donors (Lipinski definition) is 2. The number of nitrogens with zero attached hydrogens (tertiary/aromatic N) is 1. The Hall–Kier alpha value is -3.68. The van der Waals surface area contributed by atoms with Crippen LogP contribution in [-0.4, -0.2) is 42.0 Å². The lowest BCUT2D eigenvalue weighted by Crippen LogP contribution is -2.34. The highest BCUT2D eigenvalue weighted by Gasteiger charge is 2.41. The summed E-state index contributed by atoms with van der Waals surface area (Å²) in [6.07, 6.45) is 0.529.